The first-order valence-corrected chi connectivity index (χ1v) is 11.2. The lowest BCUT2D eigenvalue weighted by Gasteiger charge is -2.24. The van der Waals surface area contributed by atoms with Crippen molar-refractivity contribution in [3.05, 3.63) is 95.6 Å². The predicted octanol–water partition coefficient (Wildman–Crippen LogP) is 3.46. The Hall–Kier alpha value is -3.16. The molecule has 1 aliphatic heterocycles. The molecule has 32 heavy (non-hydrogen) atoms. The van der Waals surface area contributed by atoms with Crippen molar-refractivity contribution in [1.29, 1.82) is 0 Å². The van der Waals surface area contributed by atoms with Gasteiger partial charge in [0.15, 0.2) is 4.80 Å². The summed E-state index contributed by atoms with van der Waals surface area (Å²) in [6.07, 6.45) is 1.80. The van der Waals surface area contributed by atoms with Crippen LogP contribution in [-0.2, 0) is 9.53 Å². The number of thiazole rings is 1. The summed E-state index contributed by atoms with van der Waals surface area (Å²) >= 11 is 7.26. The highest BCUT2D eigenvalue weighted by Gasteiger charge is 2.33. The molecule has 8 heteroatoms. The number of halogens is 1. The maximum Gasteiger partial charge on any atom is 0.338 e. The molecule has 0 aliphatic carbocycles. The fourth-order valence-electron chi connectivity index (χ4n) is 3.60. The lowest BCUT2D eigenvalue weighted by atomic mass is 9.96. The molecule has 2 heterocycles. The zero-order chi connectivity index (χ0) is 22.8. The molecule has 0 radical (unpaired) electrons. The molecule has 0 saturated carbocycles. The van der Waals surface area contributed by atoms with E-state index in [2.05, 4.69) is 4.99 Å². The van der Waals surface area contributed by atoms with Crippen LogP contribution < -0.4 is 19.6 Å². The minimum atomic E-state index is -0.649. The Morgan fingerprint density at radius 3 is 2.50 bits per heavy atom. The molecular formula is C24H21ClN2O4S. The van der Waals surface area contributed by atoms with Crippen LogP contribution in [0.15, 0.2) is 69.6 Å². The number of fused-ring (bicyclic) bond motifs is 1. The second-order valence-electron chi connectivity index (χ2n) is 7.13. The Morgan fingerprint density at radius 1 is 1.19 bits per heavy atom. The number of carbonyl (C=O) groups excluding carboxylic acids is 1. The highest BCUT2D eigenvalue weighted by molar-refractivity contribution is 7.07. The molecule has 0 amide bonds. The molecule has 0 spiro atoms. The summed E-state index contributed by atoms with van der Waals surface area (Å²) in [6.45, 7) is 3.74. The summed E-state index contributed by atoms with van der Waals surface area (Å²) in [7, 11) is 1.59. The van der Waals surface area contributed by atoms with Crippen LogP contribution in [0, 0.1) is 0 Å². The molecule has 0 unspecified atom stereocenters. The van der Waals surface area contributed by atoms with Gasteiger partial charge < -0.3 is 9.47 Å². The molecule has 1 aromatic heterocycles. The van der Waals surface area contributed by atoms with Gasteiger partial charge in [-0.05, 0) is 55.3 Å². The SMILES string of the molecule is CCOC(=O)C1=C(C)N=c2s/c(=C/c3ccc(Cl)cc3)c(=O)n2[C@H]1c1ccc(OC)cc1. The minimum absolute atomic E-state index is 0.223. The third-order valence-electron chi connectivity index (χ3n) is 5.12. The van der Waals surface area contributed by atoms with Gasteiger partial charge >= 0.3 is 5.97 Å². The molecule has 164 valence electrons. The molecule has 0 saturated heterocycles. The molecule has 3 aromatic rings. The van der Waals surface area contributed by atoms with Gasteiger partial charge in [-0.1, -0.05) is 47.2 Å². The van der Waals surface area contributed by atoms with Crippen molar-refractivity contribution in [2.45, 2.75) is 19.9 Å². The van der Waals surface area contributed by atoms with E-state index in [1.807, 2.05) is 24.3 Å². The van der Waals surface area contributed by atoms with Crippen LogP contribution in [0.5, 0.6) is 5.75 Å². The van der Waals surface area contributed by atoms with E-state index in [9.17, 15) is 9.59 Å². The zero-order valence-corrected chi connectivity index (χ0v) is 19.4. The molecule has 4 rings (SSSR count). The van der Waals surface area contributed by atoms with Gasteiger partial charge in [0, 0.05) is 5.02 Å². The third kappa shape index (κ3) is 4.13. The van der Waals surface area contributed by atoms with Crippen LogP contribution in [-0.4, -0.2) is 24.3 Å². The van der Waals surface area contributed by atoms with Crippen molar-refractivity contribution in [3.8, 4) is 5.75 Å². The summed E-state index contributed by atoms with van der Waals surface area (Å²) in [4.78, 5) is 31.5. The van der Waals surface area contributed by atoms with Gasteiger partial charge in [0.05, 0.1) is 35.6 Å². The van der Waals surface area contributed by atoms with Gasteiger partial charge in [0.1, 0.15) is 5.75 Å². The summed E-state index contributed by atoms with van der Waals surface area (Å²) in [5.41, 5.74) is 2.27. The van der Waals surface area contributed by atoms with Crippen LogP contribution in [0.4, 0.5) is 0 Å². The Morgan fingerprint density at radius 2 is 1.88 bits per heavy atom. The average molecular weight is 469 g/mol. The fourth-order valence-corrected chi connectivity index (χ4v) is 4.78. The van der Waals surface area contributed by atoms with Gasteiger partial charge in [0.25, 0.3) is 5.56 Å². The van der Waals surface area contributed by atoms with Crippen LogP contribution in [0.25, 0.3) is 6.08 Å². The molecule has 1 atom stereocenters. The van der Waals surface area contributed by atoms with Crippen molar-refractivity contribution < 1.29 is 14.3 Å². The van der Waals surface area contributed by atoms with Crippen LogP contribution in [0.3, 0.4) is 0 Å². The Bertz CT molecular complexity index is 1370. The number of benzene rings is 2. The molecule has 2 aromatic carbocycles. The van der Waals surface area contributed by atoms with Crippen molar-refractivity contribution in [2.75, 3.05) is 13.7 Å². The lowest BCUT2D eigenvalue weighted by Crippen LogP contribution is -2.39. The average Bonchev–Trinajstić information content (AvgIpc) is 3.09. The quantitative estimate of drug-likeness (QED) is 0.538. The lowest BCUT2D eigenvalue weighted by molar-refractivity contribution is -0.139. The van der Waals surface area contributed by atoms with Crippen LogP contribution >= 0.6 is 22.9 Å². The predicted molar refractivity (Wildman–Crippen MR) is 125 cm³/mol. The van der Waals surface area contributed by atoms with Gasteiger partial charge in [-0.25, -0.2) is 9.79 Å². The van der Waals surface area contributed by atoms with Crippen LogP contribution in [0.1, 0.15) is 31.0 Å². The summed E-state index contributed by atoms with van der Waals surface area (Å²) in [5, 5.41) is 0.623. The summed E-state index contributed by atoms with van der Waals surface area (Å²) in [5.74, 6) is 0.198. The number of carbonyl (C=O) groups is 1. The first-order valence-electron chi connectivity index (χ1n) is 10.0. The summed E-state index contributed by atoms with van der Waals surface area (Å²) < 4.78 is 12.6. The van der Waals surface area contributed by atoms with Gasteiger partial charge in [-0.3, -0.25) is 9.36 Å². The van der Waals surface area contributed by atoms with E-state index in [0.717, 1.165) is 11.1 Å². The zero-order valence-electron chi connectivity index (χ0n) is 17.8. The van der Waals surface area contributed by atoms with E-state index in [4.69, 9.17) is 21.1 Å². The van der Waals surface area contributed by atoms with Crippen molar-refractivity contribution in [3.63, 3.8) is 0 Å². The molecule has 0 fully saturated rings. The Kier molecular flexibility index (Phi) is 6.30. The highest BCUT2D eigenvalue weighted by atomic mass is 35.5. The number of rotatable bonds is 5. The monoisotopic (exact) mass is 468 g/mol. The van der Waals surface area contributed by atoms with E-state index in [-0.39, 0.29) is 12.2 Å². The first kappa shape index (κ1) is 22.0. The van der Waals surface area contributed by atoms with Gasteiger partial charge in [0.2, 0.25) is 0 Å². The van der Waals surface area contributed by atoms with Gasteiger partial charge in [-0.15, -0.1) is 0 Å². The van der Waals surface area contributed by atoms with Crippen molar-refractivity contribution >= 4 is 35.0 Å². The van der Waals surface area contributed by atoms with E-state index >= 15 is 0 Å². The molecule has 6 nitrogen and oxygen atoms in total. The summed E-state index contributed by atoms with van der Waals surface area (Å²) in [6, 6.07) is 13.9. The largest absolute Gasteiger partial charge is 0.497 e. The van der Waals surface area contributed by atoms with E-state index < -0.39 is 12.0 Å². The minimum Gasteiger partial charge on any atom is -0.497 e. The number of aromatic nitrogens is 1. The molecule has 1 aliphatic rings. The molecule has 0 N–H and O–H groups in total. The number of hydrogen-bond donors (Lipinski definition) is 0. The Labute approximate surface area is 193 Å². The number of nitrogens with zero attached hydrogens (tertiary/aromatic N) is 2. The molecular weight excluding hydrogens is 448 g/mol. The maximum absolute atomic E-state index is 13.5. The smallest absolute Gasteiger partial charge is 0.338 e. The highest BCUT2D eigenvalue weighted by Crippen LogP contribution is 2.31. The standard InChI is InChI=1S/C24H21ClN2O4S/c1-4-31-23(29)20-14(2)26-24-27(21(20)16-7-11-18(30-3)12-8-16)22(28)19(32-24)13-15-5-9-17(25)10-6-15/h5-13,21H,4H2,1-3H3/b19-13+/t21-/m0/s1. The first-order chi connectivity index (χ1) is 15.4. The topological polar surface area (TPSA) is 69.9 Å². The fraction of sp³-hybridized carbons (Fsp3) is 0.208. The van der Waals surface area contributed by atoms with Crippen molar-refractivity contribution in [1.82, 2.24) is 4.57 Å². The van der Waals surface area contributed by atoms with Crippen LogP contribution in [0.2, 0.25) is 5.02 Å². The van der Waals surface area contributed by atoms with E-state index in [1.165, 1.54) is 11.3 Å². The van der Waals surface area contributed by atoms with E-state index in [0.29, 0.717) is 31.4 Å². The number of methoxy groups -OCH3 is 1. The second kappa shape index (κ2) is 9.14. The third-order valence-corrected chi connectivity index (χ3v) is 6.35. The van der Waals surface area contributed by atoms with E-state index in [1.54, 1.807) is 55.9 Å². The molecule has 0 bridgehead atoms. The number of esters is 1. The number of allylic oxidation sites excluding steroid dienone is 1. The second-order valence-corrected chi connectivity index (χ2v) is 8.57. The number of hydrogen-bond acceptors (Lipinski definition) is 6. The van der Waals surface area contributed by atoms with Crippen molar-refractivity contribution in [2.24, 2.45) is 4.99 Å². The normalized spacial score (nSPS) is 15.9. The maximum atomic E-state index is 13.5. The van der Waals surface area contributed by atoms with Gasteiger partial charge in [-0.2, -0.15) is 0 Å². The number of ether oxygens (including phenoxy) is 2. The Balaban J connectivity index is 1.93.